The van der Waals surface area contributed by atoms with E-state index < -0.39 is 9.84 Å². The first-order chi connectivity index (χ1) is 8.47. The van der Waals surface area contributed by atoms with E-state index in [0.717, 1.165) is 4.47 Å². The van der Waals surface area contributed by atoms with E-state index in [1.165, 1.54) is 10.9 Å². The molecule has 0 aliphatic carbocycles. The molecular formula is C10H11BrN4O2S. The van der Waals surface area contributed by atoms with Crippen molar-refractivity contribution in [2.24, 2.45) is 0 Å². The van der Waals surface area contributed by atoms with Gasteiger partial charge in [0.05, 0.1) is 23.4 Å². The van der Waals surface area contributed by atoms with E-state index in [9.17, 15) is 8.42 Å². The fourth-order valence-corrected chi connectivity index (χ4v) is 2.87. The van der Waals surface area contributed by atoms with Gasteiger partial charge in [0.2, 0.25) is 0 Å². The topological polar surface area (TPSA) is 90.9 Å². The molecule has 1 aromatic heterocycles. The molecule has 0 saturated carbocycles. The van der Waals surface area contributed by atoms with E-state index in [4.69, 9.17) is 5.73 Å². The van der Waals surface area contributed by atoms with E-state index in [1.807, 2.05) is 0 Å². The number of halogens is 1. The second-order valence-electron chi connectivity index (χ2n) is 3.68. The van der Waals surface area contributed by atoms with Gasteiger partial charge in [0.1, 0.15) is 0 Å². The highest BCUT2D eigenvalue weighted by molar-refractivity contribution is 9.10. The van der Waals surface area contributed by atoms with Crippen LogP contribution in [0.2, 0.25) is 0 Å². The maximum Gasteiger partial charge on any atom is 0.180 e. The molecule has 1 heterocycles. The third-order valence-electron chi connectivity index (χ3n) is 2.32. The lowest BCUT2D eigenvalue weighted by molar-refractivity contribution is 0.575. The quantitative estimate of drug-likeness (QED) is 0.906. The summed E-state index contributed by atoms with van der Waals surface area (Å²) in [6.07, 6.45) is 1.50. The zero-order valence-electron chi connectivity index (χ0n) is 9.32. The Kier molecular flexibility index (Phi) is 3.67. The summed E-state index contributed by atoms with van der Waals surface area (Å²) in [4.78, 5) is 0.291. The Bertz CT molecular complexity index is 636. The lowest BCUT2D eigenvalue weighted by Gasteiger charge is -2.04. The van der Waals surface area contributed by atoms with Gasteiger partial charge in [0.15, 0.2) is 15.7 Å². The van der Waals surface area contributed by atoms with Crippen LogP contribution < -0.4 is 5.73 Å². The molecule has 2 rings (SSSR count). The van der Waals surface area contributed by atoms with Crippen LogP contribution in [0.15, 0.2) is 39.8 Å². The molecule has 96 valence electrons. The minimum absolute atomic E-state index is 0.0442. The summed E-state index contributed by atoms with van der Waals surface area (Å²) < 4.78 is 26.3. The molecule has 2 aromatic rings. The fourth-order valence-electron chi connectivity index (χ4n) is 1.40. The summed E-state index contributed by atoms with van der Waals surface area (Å²) in [5.74, 6) is 0.230. The summed E-state index contributed by atoms with van der Waals surface area (Å²) in [7, 11) is -3.32. The van der Waals surface area contributed by atoms with Crippen LogP contribution in [0.25, 0.3) is 0 Å². The van der Waals surface area contributed by atoms with Gasteiger partial charge < -0.3 is 5.73 Å². The predicted molar refractivity (Wildman–Crippen MR) is 70.6 cm³/mol. The molecule has 0 aliphatic heterocycles. The molecule has 0 atom stereocenters. The van der Waals surface area contributed by atoms with Crippen molar-refractivity contribution < 1.29 is 8.42 Å². The van der Waals surface area contributed by atoms with Crippen LogP contribution in [-0.4, -0.2) is 29.2 Å². The Morgan fingerprint density at radius 3 is 2.50 bits per heavy atom. The van der Waals surface area contributed by atoms with Gasteiger partial charge >= 0.3 is 0 Å². The van der Waals surface area contributed by atoms with Gasteiger partial charge in [0.25, 0.3) is 0 Å². The van der Waals surface area contributed by atoms with Crippen LogP contribution >= 0.6 is 15.9 Å². The normalized spacial score (nSPS) is 11.6. The van der Waals surface area contributed by atoms with Crippen LogP contribution in [0.5, 0.6) is 0 Å². The molecule has 0 amide bonds. The van der Waals surface area contributed by atoms with Crippen LogP contribution in [-0.2, 0) is 16.4 Å². The van der Waals surface area contributed by atoms with Crippen LogP contribution in [0, 0.1) is 0 Å². The van der Waals surface area contributed by atoms with Gasteiger partial charge in [-0.2, -0.15) is 0 Å². The Morgan fingerprint density at radius 2 is 1.94 bits per heavy atom. The molecule has 0 aliphatic rings. The number of rotatable bonds is 4. The van der Waals surface area contributed by atoms with Crippen LogP contribution in [0.1, 0.15) is 0 Å². The van der Waals surface area contributed by atoms with Crippen molar-refractivity contribution in [3.8, 4) is 0 Å². The third-order valence-corrected chi connectivity index (χ3v) is 4.56. The highest BCUT2D eigenvalue weighted by Gasteiger charge is 2.14. The molecule has 2 N–H and O–H groups in total. The van der Waals surface area contributed by atoms with Gasteiger partial charge in [-0.1, -0.05) is 21.1 Å². The molecule has 0 fully saturated rings. The number of hydrogen-bond acceptors (Lipinski definition) is 5. The first-order valence-electron chi connectivity index (χ1n) is 5.11. The minimum Gasteiger partial charge on any atom is -0.381 e. The van der Waals surface area contributed by atoms with Crippen molar-refractivity contribution in [3.63, 3.8) is 0 Å². The Labute approximate surface area is 113 Å². The molecule has 0 unspecified atom stereocenters. The summed E-state index contributed by atoms with van der Waals surface area (Å²) in [6, 6.07) is 6.52. The smallest absolute Gasteiger partial charge is 0.180 e. The van der Waals surface area contributed by atoms with Crippen molar-refractivity contribution in [1.29, 1.82) is 0 Å². The van der Waals surface area contributed by atoms with Crippen molar-refractivity contribution in [3.05, 3.63) is 34.9 Å². The third kappa shape index (κ3) is 3.08. The highest BCUT2D eigenvalue weighted by atomic mass is 79.9. The first kappa shape index (κ1) is 13.0. The number of aromatic nitrogens is 3. The summed E-state index contributed by atoms with van der Waals surface area (Å²) in [6.45, 7) is 0.225. The number of nitrogen functional groups attached to an aromatic ring is 1. The molecule has 0 radical (unpaired) electrons. The summed E-state index contributed by atoms with van der Waals surface area (Å²) in [5, 5.41) is 7.29. The Hall–Kier alpha value is -1.41. The standard InChI is InChI=1S/C10H11BrN4O2S/c11-8-1-3-9(4-2-8)18(16,17)6-5-15-7-10(12)13-14-15/h1-4,7H,5-6,12H2. The van der Waals surface area contributed by atoms with Gasteiger partial charge in [-0.25, -0.2) is 13.1 Å². The SMILES string of the molecule is Nc1cn(CCS(=O)(=O)c2ccc(Br)cc2)nn1. The van der Waals surface area contributed by atoms with Gasteiger partial charge in [-0.3, -0.25) is 0 Å². The molecule has 6 nitrogen and oxygen atoms in total. The number of nitrogens with zero attached hydrogens (tertiary/aromatic N) is 3. The highest BCUT2D eigenvalue weighted by Crippen LogP contribution is 2.16. The van der Waals surface area contributed by atoms with Crippen molar-refractivity contribution in [1.82, 2.24) is 15.0 Å². The van der Waals surface area contributed by atoms with E-state index in [0.29, 0.717) is 4.90 Å². The molecule has 0 bridgehead atoms. The number of nitrogens with two attached hydrogens (primary N) is 1. The van der Waals surface area contributed by atoms with Crippen molar-refractivity contribution in [2.45, 2.75) is 11.4 Å². The van der Waals surface area contributed by atoms with Gasteiger partial charge in [-0.15, -0.1) is 5.10 Å². The summed E-state index contributed by atoms with van der Waals surface area (Å²) in [5.41, 5.74) is 5.40. The van der Waals surface area contributed by atoms with Gasteiger partial charge in [-0.05, 0) is 24.3 Å². The minimum atomic E-state index is -3.32. The second kappa shape index (κ2) is 5.07. The lowest BCUT2D eigenvalue weighted by Crippen LogP contribution is -2.13. The van der Waals surface area contributed by atoms with E-state index >= 15 is 0 Å². The largest absolute Gasteiger partial charge is 0.381 e. The van der Waals surface area contributed by atoms with Crippen LogP contribution in [0.4, 0.5) is 5.82 Å². The van der Waals surface area contributed by atoms with E-state index in [2.05, 4.69) is 26.2 Å². The zero-order chi connectivity index (χ0) is 13.2. The van der Waals surface area contributed by atoms with E-state index in [1.54, 1.807) is 24.3 Å². The average molecular weight is 331 g/mol. The molecule has 0 saturated heterocycles. The molecule has 0 spiro atoms. The Balaban J connectivity index is 2.10. The zero-order valence-corrected chi connectivity index (χ0v) is 11.7. The van der Waals surface area contributed by atoms with Crippen molar-refractivity contribution >= 4 is 31.6 Å². The number of sulfone groups is 1. The number of hydrogen-bond donors (Lipinski definition) is 1. The number of benzene rings is 1. The summed E-state index contributed by atoms with van der Waals surface area (Å²) >= 11 is 3.26. The molecular weight excluding hydrogens is 320 g/mol. The number of aryl methyl sites for hydroxylation is 1. The maximum absolute atomic E-state index is 12.0. The van der Waals surface area contributed by atoms with Gasteiger partial charge in [0, 0.05) is 4.47 Å². The maximum atomic E-state index is 12.0. The first-order valence-corrected chi connectivity index (χ1v) is 7.56. The second-order valence-corrected chi connectivity index (χ2v) is 6.70. The Morgan fingerprint density at radius 1 is 1.28 bits per heavy atom. The average Bonchev–Trinajstić information content (AvgIpc) is 2.73. The van der Waals surface area contributed by atoms with E-state index in [-0.39, 0.29) is 18.1 Å². The van der Waals surface area contributed by atoms with Crippen LogP contribution in [0.3, 0.4) is 0 Å². The number of anilines is 1. The predicted octanol–water partition coefficient (Wildman–Crippen LogP) is 1.10. The fraction of sp³-hybridized carbons (Fsp3) is 0.200. The molecule has 8 heteroatoms. The molecule has 18 heavy (non-hydrogen) atoms. The van der Waals surface area contributed by atoms with Crippen molar-refractivity contribution in [2.75, 3.05) is 11.5 Å². The lowest BCUT2D eigenvalue weighted by atomic mass is 10.4. The molecule has 1 aromatic carbocycles. The monoisotopic (exact) mass is 330 g/mol.